The quantitative estimate of drug-likeness (QED) is 0.779. The van der Waals surface area contributed by atoms with Crippen LogP contribution >= 0.6 is 0 Å². The molecule has 0 bridgehead atoms. The van der Waals surface area contributed by atoms with E-state index in [0.717, 1.165) is 37.4 Å². The Morgan fingerprint density at radius 2 is 2.17 bits per heavy atom. The van der Waals surface area contributed by atoms with E-state index in [0.29, 0.717) is 0 Å². The summed E-state index contributed by atoms with van der Waals surface area (Å²) in [6, 6.07) is 7.72. The van der Waals surface area contributed by atoms with Gasteiger partial charge in [-0.15, -0.1) is 0 Å². The second kappa shape index (κ2) is 5.98. The molecule has 1 amide bonds. The van der Waals surface area contributed by atoms with Gasteiger partial charge in [-0.3, -0.25) is 4.79 Å². The Bertz CT molecular complexity index is 420. The lowest BCUT2D eigenvalue weighted by Crippen LogP contribution is -2.33. The van der Waals surface area contributed by atoms with E-state index < -0.39 is 0 Å². The summed E-state index contributed by atoms with van der Waals surface area (Å²) in [5.41, 5.74) is 2.08. The number of amides is 1. The third kappa shape index (κ3) is 2.54. The van der Waals surface area contributed by atoms with Gasteiger partial charge in [0.05, 0.1) is 0 Å². The van der Waals surface area contributed by atoms with Crippen molar-refractivity contribution in [2.45, 2.75) is 19.4 Å². The Balaban J connectivity index is 1.95. The first-order valence-electron chi connectivity index (χ1n) is 6.43. The van der Waals surface area contributed by atoms with E-state index >= 15 is 0 Å². The summed E-state index contributed by atoms with van der Waals surface area (Å²) >= 11 is 0. The minimum Gasteiger partial charge on any atom is -0.382 e. The van der Waals surface area contributed by atoms with Crippen molar-refractivity contribution in [3.63, 3.8) is 0 Å². The summed E-state index contributed by atoms with van der Waals surface area (Å²) < 4.78 is 5.28. The number of rotatable bonds is 6. The van der Waals surface area contributed by atoms with E-state index in [2.05, 4.69) is 5.32 Å². The van der Waals surface area contributed by atoms with Crippen LogP contribution in [0.15, 0.2) is 24.3 Å². The summed E-state index contributed by atoms with van der Waals surface area (Å²) in [7, 11) is 1.82. The number of benzene rings is 1. The SMILES string of the molecule is CCOCCCNC1C(=O)N(C)c2ccccc21. The van der Waals surface area contributed by atoms with Crippen molar-refractivity contribution in [1.29, 1.82) is 0 Å². The second-order valence-electron chi connectivity index (χ2n) is 4.39. The Morgan fingerprint density at radius 3 is 2.94 bits per heavy atom. The van der Waals surface area contributed by atoms with Crippen LogP contribution in [-0.4, -0.2) is 32.7 Å². The van der Waals surface area contributed by atoms with Crippen LogP contribution in [0, 0.1) is 0 Å². The fourth-order valence-corrected chi connectivity index (χ4v) is 2.24. The van der Waals surface area contributed by atoms with Gasteiger partial charge in [0, 0.05) is 31.5 Å². The Labute approximate surface area is 108 Å². The van der Waals surface area contributed by atoms with Gasteiger partial charge in [0.15, 0.2) is 0 Å². The zero-order valence-corrected chi connectivity index (χ0v) is 11.0. The number of para-hydroxylation sites is 1. The maximum Gasteiger partial charge on any atom is 0.248 e. The van der Waals surface area contributed by atoms with Gasteiger partial charge in [-0.05, 0) is 26.0 Å². The molecule has 1 N–H and O–H groups in total. The monoisotopic (exact) mass is 248 g/mol. The molecular weight excluding hydrogens is 228 g/mol. The Morgan fingerprint density at radius 1 is 1.39 bits per heavy atom. The van der Waals surface area contributed by atoms with E-state index in [1.54, 1.807) is 4.90 Å². The fraction of sp³-hybridized carbons (Fsp3) is 0.500. The highest BCUT2D eigenvalue weighted by Gasteiger charge is 2.33. The van der Waals surface area contributed by atoms with Crippen LogP contribution in [-0.2, 0) is 9.53 Å². The van der Waals surface area contributed by atoms with Gasteiger partial charge in [-0.1, -0.05) is 18.2 Å². The number of fused-ring (bicyclic) bond motifs is 1. The fourth-order valence-electron chi connectivity index (χ4n) is 2.24. The molecule has 1 heterocycles. The average Bonchev–Trinajstić information content (AvgIpc) is 2.64. The molecule has 0 fully saturated rings. The van der Waals surface area contributed by atoms with E-state index in [1.807, 2.05) is 38.2 Å². The number of nitrogens with zero attached hydrogens (tertiary/aromatic N) is 1. The average molecular weight is 248 g/mol. The third-order valence-electron chi connectivity index (χ3n) is 3.20. The lowest BCUT2D eigenvalue weighted by atomic mass is 10.1. The summed E-state index contributed by atoms with van der Waals surface area (Å²) in [6.07, 6.45) is 0.920. The molecule has 0 aliphatic carbocycles. The number of anilines is 1. The molecule has 1 unspecified atom stereocenters. The van der Waals surface area contributed by atoms with Gasteiger partial charge in [0.2, 0.25) is 5.91 Å². The highest BCUT2D eigenvalue weighted by atomic mass is 16.5. The van der Waals surface area contributed by atoms with E-state index in [4.69, 9.17) is 4.74 Å². The molecule has 1 aromatic carbocycles. The first-order valence-corrected chi connectivity index (χ1v) is 6.43. The van der Waals surface area contributed by atoms with Crippen molar-refractivity contribution >= 4 is 11.6 Å². The molecule has 4 heteroatoms. The van der Waals surface area contributed by atoms with Crippen LogP contribution in [0.3, 0.4) is 0 Å². The maximum atomic E-state index is 12.1. The molecule has 1 aliphatic heterocycles. The normalized spacial score (nSPS) is 18.2. The lowest BCUT2D eigenvalue weighted by molar-refractivity contribution is -0.119. The minimum atomic E-state index is -0.201. The van der Waals surface area contributed by atoms with Gasteiger partial charge >= 0.3 is 0 Å². The van der Waals surface area contributed by atoms with E-state index in [-0.39, 0.29) is 11.9 Å². The first kappa shape index (κ1) is 13.1. The second-order valence-corrected chi connectivity index (χ2v) is 4.39. The first-order chi connectivity index (χ1) is 8.75. The summed E-state index contributed by atoms with van der Waals surface area (Å²) in [5, 5.41) is 3.31. The Hall–Kier alpha value is -1.39. The number of hydrogen-bond donors (Lipinski definition) is 1. The molecule has 0 spiro atoms. The highest BCUT2D eigenvalue weighted by molar-refractivity contribution is 6.04. The number of likely N-dealkylation sites (N-methyl/N-ethyl adjacent to an activating group) is 1. The largest absolute Gasteiger partial charge is 0.382 e. The van der Waals surface area contributed by atoms with Crippen LogP contribution in [0.1, 0.15) is 24.9 Å². The number of carbonyl (C=O) groups is 1. The molecule has 1 aliphatic rings. The lowest BCUT2D eigenvalue weighted by Gasteiger charge is -2.12. The smallest absolute Gasteiger partial charge is 0.248 e. The third-order valence-corrected chi connectivity index (χ3v) is 3.20. The molecule has 0 saturated heterocycles. The highest BCUT2D eigenvalue weighted by Crippen LogP contribution is 2.34. The van der Waals surface area contributed by atoms with Crippen LogP contribution in [0.4, 0.5) is 5.69 Å². The van der Waals surface area contributed by atoms with Gasteiger partial charge in [-0.2, -0.15) is 0 Å². The molecule has 18 heavy (non-hydrogen) atoms. The van der Waals surface area contributed by atoms with E-state index in [9.17, 15) is 4.79 Å². The maximum absolute atomic E-state index is 12.1. The molecule has 4 nitrogen and oxygen atoms in total. The molecule has 98 valence electrons. The van der Waals surface area contributed by atoms with Gasteiger partial charge in [0.1, 0.15) is 6.04 Å². The predicted molar refractivity (Wildman–Crippen MR) is 71.7 cm³/mol. The minimum absolute atomic E-state index is 0.118. The molecule has 1 atom stereocenters. The van der Waals surface area contributed by atoms with Crippen molar-refractivity contribution in [3.8, 4) is 0 Å². The molecule has 0 radical (unpaired) electrons. The summed E-state index contributed by atoms with van der Waals surface area (Å²) in [6.45, 7) is 4.26. The van der Waals surface area contributed by atoms with Crippen molar-refractivity contribution in [3.05, 3.63) is 29.8 Å². The molecule has 0 aromatic heterocycles. The number of nitrogens with one attached hydrogen (secondary N) is 1. The Kier molecular flexibility index (Phi) is 4.33. The molecule has 0 saturated carbocycles. The van der Waals surface area contributed by atoms with E-state index in [1.165, 1.54) is 0 Å². The molecular formula is C14H20N2O2. The number of carbonyl (C=O) groups excluding carboxylic acids is 1. The summed E-state index contributed by atoms with van der Waals surface area (Å²) in [5.74, 6) is 0.118. The van der Waals surface area contributed by atoms with Crippen LogP contribution in [0.5, 0.6) is 0 Å². The standard InChI is InChI=1S/C14H20N2O2/c1-3-18-10-6-9-15-13-11-7-4-5-8-12(11)16(2)14(13)17/h4-5,7-8,13,15H,3,6,9-10H2,1-2H3. The number of hydrogen-bond acceptors (Lipinski definition) is 3. The van der Waals surface area contributed by atoms with Gasteiger partial charge in [-0.25, -0.2) is 0 Å². The molecule has 1 aromatic rings. The van der Waals surface area contributed by atoms with Crippen LogP contribution in [0.2, 0.25) is 0 Å². The zero-order chi connectivity index (χ0) is 13.0. The van der Waals surface area contributed by atoms with Crippen molar-refractivity contribution in [1.82, 2.24) is 5.32 Å². The van der Waals surface area contributed by atoms with Crippen molar-refractivity contribution in [2.75, 3.05) is 31.7 Å². The summed E-state index contributed by atoms with van der Waals surface area (Å²) in [4.78, 5) is 13.8. The predicted octanol–water partition coefficient (Wildman–Crippen LogP) is 1.72. The van der Waals surface area contributed by atoms with Crippen LogP contribution < -0.4 is 10.2 Å². The topological polar surface area (TPSA) is 41.6 Å². The van der Waals surface area contributed by atoms with Crippen molar-refractivity contribution in [2.24, 2.45) is 0 Å². The van der Waals surface area contributed by atoms with Gasteiger partial charge in [0.25, 0.3) is 0 Å². The zero-order valence-electron chi connectivity index (χ0n) is 11.0. The molecule has 2 rings (SSSR count). The van der Waals surface area contributed by atoms with Gasteiger partial charge < -0.3 is 15.0 Å². The van der Waals surface area contributed by atoms with Crippen molar-refractivity contribution < 1.29 is 9.53 Å². The van der Waals surface area contributed by atoms with Crippen LogP contribution in [0.25, 0.3) is 0 Å². The number of ether oxygens (including phenoxy) is 1.